The Bertz CT molecular complexity index is 445. The first kappa shape index (κ1) is 13.3. The summed E-state index contributed by atoms with van der Waals surface area (Å²) >= 11 is 3.95. The second-order valence-electron chi connectivity index (χ2n) is 4.78. The third kappa shape index (κ3) is 3.27. The van der Waals surface area contributed by atoms with Crippen molar-refractivity contribution in [2.75, 3.05) is 23.8 Å². The molecular weight excluding hydrogens is 280 g/mol. The van der Waals surface area contributed by atoms with E-state index in [2.05, 4.69) is 20.6 Å². The predicted molar refractivity (Wildman–Crippen MR) is 79.5 cm³/mol. The van der Waals surface area contributed by atoms with Crippen molar-refractivity contribution in [3.05, 3.63) is 17.7 Å². The van der Waals surface area contributed by atoms with Gasteiger partial charge < -0.3 is 10.3 Å². The van der Waals surface area contributed by atoms with Crippen molar-refractivity contribution >= 4 is 29.4 Å². The molecule has 2 aliphatic heterocycles. The summed E-state index contributed by atoms with van der Waals surface area (Å²) in [6, 6.07) is -0.142. The van der Waals surface area contributed by atoms with E-state index in [4.69, 9.17) is 0 Å². The quantitative estimate of drug-likeness (QED) is 0.753. The van der Waals surface area contributed by atoms with Crippen molar-refractivity contribution in [1.82, 2.24) is 20.6 Å². The molecule has 19 heavy (non-hydrogen) atoms. The van der Waals surface area contributed by atoms with Gasteiger partial charge >= 0.3 is 0 Å². The molecule has 2 aliphatic rings. The normalized spacial score (nSPS) is 26.7. The van der Waals surface area contributed by atoms with E-state index in [1.807, 2.05) is 23.5 Å². The highest BCUT2D eigenvalue weighted by Crippen LogP contribution is 2.23. The summed E-state index contributed by atoms with van der Waals surface area (Å²) in [7, 11) is 0. The van der Waals surface area contributed by atoms with E-state index in [0.717, 1.165) is 23.7 Å². The third-order valence-electron chi connectivity index (χ3n) is 3.44. The number of aromatic amines is 1. The van der Waals surface area contributed by atoms with Crippen molar-refractivity contribution in [3.8, 4) is 0 Å². The Balaban J connectivity index is 1.48. The molecule has 1 fully saturated rings. The summed E-state index contributed by atoms with van der Waals surface area (Å²) in [6.45, 7) is 1.48. The molecular formula is C12H18N4OS2. The number of carbonyl (C=O) groups excluding carboxylic acids is 1. The van der Waals surface area contributed by atoms with E-state index in [0.29, 0.717) is 18.2 Å². The van der Waals surface area contributed by atoms with Crippen LogP contribution in [-0.2, 0) is 17.8 Å². The maximum absolute atomic E-state index is 12.1. The molecule has 3 rings (SSSR count). The second-order valence-corrected chi connectivity index (χ2v) is 7.34. The van der Waals surface area contributed by atoms with Crippen LogP contribution in [-0.4, -0.2) is 51.0 Å². The number of H-pyrrole nitrogens is 1. The van der Waals surface area contributed by atoms with Gasteiger partial charge in [-0.3, -0.25) is 10.1 Å². The highest BCUT2D eigenvalue weighted by Gasteiger charge is 2.26. The first-order chi connectivity index (χ1) is 9.33. The monoisotopic (exact) mass is 298 g/mol. The average Bonchev–Trinajstić information content (AvgIpc) is 2.93. The van der Waals surface area contributed by atoms with Crippen LogP contribution in [0.1, 0.15) is 11.4 Å². The average molecular weight is 298 g/mol. The number of nitrogens with zero attached hydrogens (tertiary/aromatic N) is 1. The van der Waals surface area contributed by atoms with Crippen LogP contribution in [0.5, 0.6) is 0 Å². The minimum absolute atomic E-state index is 0.102. The molecule has 3 N–H and O–H groups in total. The zero-order valence-electron chi connectivity index (χ0n) is 10.6. The fraction of sp³-hybridized carbons (Fsp3) is 0.667. The van der Waals surface area contributed by atoms with Gasteiger partial charge in [0.2, 0.25) is 5.91 Å². The molecule has 0 spiro atoms. The Kier molecular flexibility index (Phi) is 4.35. The van der Waals surface area contributed by atoms with Crippen molar-refractivity contribution < 1.29 is 4.79 Å². The minimum Gasteiger partial charge on any atom is -0.354 e. The van der Waals surface area contributed by atoms with Crippen molar-refractivity contribution in [2.24, 2.45) is 0 Å². The van der Waals surface area contributed by atoms with Crippen molar-refractivity contribution in [1.29, 1.82) is 0 Å². The third-order valence-corrected chi connectivity index (χ3v) is 6.28. The number of nitrogens with one attached hydrogen (secondary N) is 3. The molecule has 2 unspecified atom stereocenters. The molecule has 1 saturated heterocycles. The van der Waals surface area contributed by atoms with Crippen LogP contribution in [0.15, 0.2) is 6.33 Å². The number of rotatable bonds is 3. The maximum atomic E-state index is 12.1. The van der Waals surface area contributed by atoms with E-state index in [1.54, 1.807) is 6.33 Å². The Morgan fingerprint density at radius 2 is 2.47 bits per heavy atom. The van der Waals surface area contributed by atoms with Gasteiger partial charge in [0.25, 0.3) is 0 Å². The molecule has 3 heterocycles. The minimum atomic E-state index is -0.142. The smallest absolute Gasteiger partial charge is 0.237 e. The molecule has 0 aromatic carbocycles. The SMILES string of the molecule is O=C(NCC1CSCCS1)C1Cc2nc[nH]c2CN1. The topological polar surface area (TPSA) is 69.8 Å². The van der Waals surface area contributed by atoms with Crippen LogP contribution in [0.4, 0.5) is 0 Å². The van der Waals surface area contributed by atoms with Gasteiger partial charge in [-0.2, -0.15) is 23.5 Å². The highest BCUT2D eigenvalue weighted by atomic mass is 32.2. The van der Waals surface area contributed by atoms with Crippen LogP contribution < -0.4 is 10.6 Å². The standard InChI is InChI=1S/C12H18N4OS2/c17-12(14-4-8-6-18-1-2-19-8)10-3-9-11(5-13-10)16-7-15-9/h7-8,10,13H,1-6H2,(H,14,17)(H,15,16). The van der Waals surface area contributed by atoms with E-state index < -0.39 is 0 Å². The van der Waals surface area contributed by atoms with Crippen LogP contribution in [0.25, 0.3) is 0 Å². The number of imidazole rings is 1. The Morgan fingerprint density at radius 3 is 3.32 bits per heavy atom. The van der Waals surface area contributed by atoms with Gasteiger partial charge in [-0.05, 0) is 0 Å². The molecule has 0 bridgehead atoms. The van der Waals surface area contributed by atoms with E-state index >= 15 is 0 Å². The lowest BCUT2D eigenvalue weighted by molar-refractivity contribution is -0.123. The number of thioether (sulfide) groups is 2. The van der Waals surface area contributed by atoms with Gasteiger partial charge in [0.05, 0.1) is 23.8 Å². The summed E-state index contributed by atoms with van der Waals surface area (Å²) < 4.78 is 0. The number of hydrogen-bond donors (Lipinski definition) is 3. The van der Waals surface area contributed by atoms with Gasteiger partial charge in [0.15, 0.2) is 0 Å². The fourth-order valence-corrected chi connectivity index (χ4v) is 4.96. The summed E-state index contributed by atoms with van der Waals surface area (Å²) in [6.07, 6.45) is 2.37. The number of fused-ring (bicyclic) bond motifs is 1. The molecule has 0 aliphatic carbocycles. The van der Waals surface area contributed by atoms with Crippen LogP contribution in [0.3, 0.4) is 0 Å². The predicted octanol–water partition coefficient (Wildman–Crippen LogP) is 0.389. The number of amides is 1. The Labute approximate surface area is 121 Å². The number of hydrogen-bond acceptors (Lipinski definition) is 5. The van der Waals surface area contributed by atoms with Crippen molar-refractivity contribution in [2.45, 2.75) is 24.3 Å². The van der Waals surface area contributed by atoms with Gasteiger partial charge in [-0.1, -0.05) is 0 Å². The largest absolute Gasteiger partial charge is 0.354 e. The molecule has 1 amide bonds. The number of carbonyl (C=O) groups is 1. The molecule has 0 radical (unpaired) electrons. The first-order valence-corrected chi connectivity index (χ1v) is 8.75. The summed E-state index contributed by atoms with van der Waals surface area (Å²) in [5.74, 6) is 3.68. The van der Waals surface area contributed by atoms with Gasteiger partial charge in [0.1, 0.15) is 0 Å². The Hall–Kier alpha value is -0.660. The van der Waals surface area contributed by atoms with Crippen LogP contribution in [0, 0.1) is 0 Å². The van der Waals surface area contributed by atoms with Crippen LogP contribution in [0.2, 0.25) is 0 Å². The van der Waals surface area contributed by atoms with Gasteiger partial charge in [-0.15, -0.1) is 0 Å². The van der Waals surface area contributed by atoms with Crippen LogP contribution >= 0.6 is 23.5 Å². The summed E-state index contributed by atoms with van der Waals surface area (Å²) in [5, 5.41) is 6.89. The zero-order chi connectivity index (χ0) is 13.1. The van der Waals surface area contributed by atoms with E-state index in [1.165, 1.54) is 11.5 Å². The number of aromatic nitrogens is 2. The lowest BCUT2D eigenvalue weighted by Gasteiger charge is -2.25. The molecule has 7 heteroatoms. The van der Waals surface area contributed by atoms with Crippen molar-refractivity contribution in [3.63, 3.8) is 0 Å². The molecule has 1 aromatic heterocycles. The highest BCUT2D eigenvalue weighted by molar-refractivity contribution is 8.06. The maximum Gasteiger partial charge on any atom is 0.237 e. The molecule has 5 nitrogen and oxygen atoms in total. The first-order valence-electron chi connectivity index (χ1n) is 6.54. The summed E-state index contributed by atoms with van der Waals surface area (Å²) in [4.78, 5) is 19.5. The second kappa shape index (κ2) is 6.19. The lowest BCUT2D eigenvalue weighted by atomic mass is 10.0. The molecule has 1 aromatic rings. The fourth-order valence-electron chi connectivity index (χ4n) is 2.35. The summed E-state index contributed by atoms with van der Waals surface area (Å²) in [5.41, 5.74) is 2.12. The molecule has 2 atom stereocenters. The lowest BCUT2D eigenvalue weighted by Crippen LogP contribution is -2.49. The van der Waals surface area contributed by atoms with Gasteiger partial charge in [-0.25, -0.2) is 4.98 Å². The van der Waals surface area contributed by atoms with Gasteiger partial charge in [0, 0.05) is 42.0 Å². The zero-order valence-corrected chi connectivity index (χ0v) is 12.3. The Morgan fingerprint density at radius 1 is 1.53 bits per heavy atom. The van der Waals surface area contributed by atoms with E-state index in [-0.39, 0.29) is 11.9 Å². The molecule has 104 valence electrons. The van der Waals surface area contributed by atoms with E-state index in [9.17, 15) is 4.79 Å². The molecule has 0 saturated carbocycles.